The third kappa shape index (κ3) is 4.12. The summed E-state index contributed by atoms with van der Waals surface area (Å²) >= 11 is 0. The van der Waals surface area contributed by atoms with Crippen molar-refractivity contribution in [3.05, 3.63) is 35.4 Å². The predicted octanol–water partition coefficient (Wildman–Crippen LogP) is 0.195. The smallest absolute Gasteiger partial charge is 0.238 e. The molecule has 1 atom stereocenters. The van der Waals surface area contributed by atoms with Crippen molar-refractivity contribution in [2.75, 3.05) is 6.26 Å². The molecule has 1 amide bonds. The summed E-state index contributed by atoms with van der Waals surface area (Å²) in [5.74, 6) is -0.486. The summed E-state index contributed by atoms with van der Waals surface area (Å²) in [7, 11) is -3.35. The van der Waals surface area contributed by atoms with Gasteiger partial charge in [0.05, 0.1) is 0 Å². The number of nitrogens with two attached hydrogens (primary N) is 1. The molecule has 1 rings (SSSR count). The third-order valence-corrected chi connectivity index (χ3v) is 4.24. The molecule has 0 aromatic heterocycles. The van der Waals surface area contributed by atoms with Gasteiger partial charge in [0.25, 0.3) is 0 Å². The van der Waals surface area contributed by atoms with Crippen molar-refractivity contribution in [1.29, 1.82) is 0 Å². The number of nitrogens with one attached hydrogen (secondary N) is 1. The third-order valence-electron chi connectivity index (χ3n) is 2.74. The molecule has 0 bridgehead atoms. The Balaban J connectivity index is 2.57. The van der Waals surface area contributed by atoms with Gasteiger partial charge in [0.15, 0.2) is 9.84 Å². The minimum Gasteiger partial charge on any atom is -0.351 e. The lowest BCUT2D eigenvalue weighted by molar-refractivity contribution is -0.120. The first-order valence-electron chi connectivity index (χ1n) is 5.59. The molecule has 0 spiro atoms. The SMILES string of the molecule is CC(C(=O)NCc1ccc(CN)cc1)S(C)(=O)=O. The maximum absolute atomic E-state index is 11.6. The number of carbonyl (C=O) groups is 1. The number of sulfone groups is 1. The van der Waals surface area contributed by atoms with E-state index in [0.29, 0.717) is 13.1 Å². The van der Waals surface area contributed by atoms with Crippen molar-refractivity contribution in [3.8, 4) is 0 Å². The molecule has 0 radical (unpaired) electrons. The quantitative estimate of drug-likeness (QED) is 0.799. The highest BCUT2D eigenvalue weighted by atomic mass is 32.2. The van der Waals surface area contributed by atoms with Crippen LogP contribution in [-0.4, -0.2) is 25.8 Å². The molecule has 0 aliphatic rings. The van der Waals surface area contributed by atoms with E-state index in [4.69, 9.17) is 5.73 Å². The number of rotatable bonds is 5. The number of hydrogen-bond acceptors (Lipinski definition) is 4. The first-order chi connectivity index (χ1) is 8.34. The zero-order valence-electron chi connectivity index (χ0n) is 10.5. The van der Waals surface area contributed by atoms with Crippen LogP contribution >= 0.6 is 0 Å². The summed E-state index contributed by atoms with van der Waals surface area (Å²) in [5, 5.41) is 1.57. The number of hydrogen-bond donors (Lipinski definition) is 2. The number of benzene rings is 1. The van der Waals surface area contributed by atoms with E-state index in [1.807, 2.05) is 24.3 Å². The molecule has 6 heteroatoms. The second-order valence-electron chi connectivity index (χ2n) is 4.21. The average Bonchev–Trinajstić information content (AvgIpc) is 2.34. The molecule has 0 saturated heterocycles. The molecule has 0 aliphatic heterocycles. The monoisotopic (exact) mass is 270 g/mol. The molecule has 0 heterocycles. The van der Waals surface area contributed by atoms with E-state index >= 15 is 0 Å². The first-order valence-corrected chi connectivity index (χ1v) is 7.54. The Kier molecular flexibility index (Phi) is 4.86. The lowest BCUT2D eigenvalue weighted by Gasteiger charge is -2.10. The van der Waals surface area contributed by atoms with Gasteiger partial charge in [0.1, 0.15) is 5.25 Å². The Morgan fingerprint density at radius 1 is 1.28 bits per heavy atom. The molecule has 1 aromatic rings. The van der Waals surface area contributed by atoms with E-state index in [1.54, 1.807) is 0 Å². The van der Waals surface area contributed by atoms with Crippen molar-refractivity contribution in [2.24, 2.45) is 5.73 Å². The van der Waals surface area contributed by atoms with Crippen LogP contribution in [0.4, 0.5) is 0 Å². The molecular formula is C12H18N2O3S. The van der Waals surface area contributed by atoms with Crippen LogP contribution in [0.3, 0.4) is 0 Å². The lowest BCUT2D eigenvalue weighted by Crippen LogP contribution is -2.36. The minimum absolute atomic E-state index is 0.309. The van der Waals surface area contributed by atoms with E-state index in [2.05, 4.69) is 5.32 Å². The Morgan fingerprint density at radius 2 is 1.78 bits per heavy atom. The molecule has 0 fully saturated rings. The van der Waals surface area contributed by atoms with Crippen LogP contribution < -0.4 is 11.1 Å². The number of carbonyl (C=O) groups excluding carboxylic acids is 1. The van der Waals surface area contributed by atoms with Gasteiger partial charge in [0, 0.05) is 19.3 Å². The highest BCUT2D eigenvalue weighted by Crippen LogP contribution is 2.04. The molecule has 18 heavy (non-hydrogen) atoms. The fraction of sp³-hybridized carbons (Fsp3) is 0.417. The van der Waals surface area contributed by atoms with E-state index in [9.17, 15) is 13.2 Å². The summed E-state index contributed by atoms with van der Waals surface area (Å²) < 4.78 is 22.4. The van der Waals surface area contributed by atoms with Crippen LogP contribution in [0, 0.1) is 0 Å². The predicted molar refractivity (Wildman–Crippen MR) is 70.5 cm³/mol. The largest absolute Gasteiger partial charge is 0.351 e. The van der Waals surface area contributed by atoms with E-state index in [1.165, 1.54) is 6.92 Å². The normalized spacial score (nSPS) is 13.1. The molecule has 3 N–H and O–H groups in total. The maximum atomic E-state index is 11.6. The second-order valence-corrected chi connectivity index (χ2v) is 6.58. The molecule has 100 valence electrons. The summed E-state index contributed by atoms with van der Waals surface area (Å²) in [6, 6.07) is 7.46. The Labute approximate surface area is 107 Å². The van der Waals surface area contributed by atoms with Gasteiger partial charge in [-0.05, 0) is 18.1 Å². The average molecular weight is 270 g/mol. The zero-order valence-corrected chi connectivity index (χ0v) is 11.3. The lowest BCUT2D eigenvalue weighted by atomic mass is 10.1. The highest BCUT2D eigenvalue weighted by Gasteiger charge is 2.22. The van der Waals surface area contributed by atoms with Crippen molar-refractivity contribution in [1.82, 2.24) is 5.32 Å². The van der Waals surface area contributed by atoms with Gasteiger partial charge in [-0.1, -0.05) is 24.3 Å². The van der Waals surface area contributed by atoms with Gasteiger partial charge in [-0.3, -0.25) is 4.79 Å². The summed E-state index contributed by atoms with van der Waals surface area (Å²) in [4.78, 5) is 11.6. The Morgan fingerprint density at radius 3 is 2.22 bits per heavy atom. The first kappa shape index (κ1) is 14.7. The minimum atomic E-state index is -3.35. The van der Waals surface area contributed by atoms with E-state index in [0.717, 1.165) is 17.4 Å². The zero-order chi connectivity index (χ0) is 13.8. The van der Waals surface area contributed by atoms with Crippen LogP contribution in [0.5, 0.6) is 0 Å². The van der Waals surface area contributed by atoms with Crippen molar-refractivity contribution >= 4 is 15.7 Å². The molecule has 0 aliphatic carbocycles. The van der Waals surface area contributed by atoms with Gasteiger partial charge < -0.3 is 11.1 Å². The Bertz CT molecular complexity index is 509. The van der Waals surface area contributed by atoms with Gasteiger partial charge >= 0.3 is 0 Å². The van der Waals surface area contributed by atoms with E-state index < -0.39 is 21.0 Å². The van der Waals surface area contributed by atoms with Gasteiger partial charge in [-0.15, -0.1) is 0 Å². The fourth-order valence-electron chi connectivity index (χ4n) is 1.32. The van der Waals surface area contributed by atoms with E-state index in [-0.39, 0.29) is 0 Å². The van der Waals surface area contributed by atoms with Crippen LogP contribution in [0.1, 0.15) is 18.1 Å². The molecular weight excluding hydrogens is 252 g/mol. The van der Waals surface area contributed by atoms with Crippen LogP contribution in [0.15, 0.2) is 24.3 Å². The maximum Gasteiger partial charge on any atom is 0.238 e. The summed E-state index contributed by atoms with van der Waals surface area (Å²) in [6.07, 6.45) is 1.05. The van der Waals surface area contributed by atoms with Crippen molar-refractivity contribution < 1.29 is 13.2 Å². The Hall–Kier alpha value is -1.40. The standard InChI is InChI=1S/C12H18N2O3S/c1-9(18(2,16)17)12(15)14-8-11-5-3-10(7-13)4-6-11/h3-6,9H,7-8,13H2,1-2H3,(H,14,15). The topological polar surface area (TPSA) is 89.3 Å². The van der Waals surface area contributed by atoms with Gasteiger partial charge in [-0.25, -0.2) is 8.42 Å². The van der Waals surface area contributed by atoms with Crippen LogP contribution in [0.25, 0.3) is 0 Å². The second kappa shape index (κ2) is 5.97. The molecule has 5 nitrogen and oxygen atoms in total. The molecule has 1 aromatic carbocycles. The van der Waals surface area contributed by atoms with Crippen molar-refractivity contribution in [3.63, 3.8) is 0 Å². The van der Waals surface area contributed by atoms with Gasteiger partial charge in [0.2, 0.25) is 5.91 Å². The molecule has 0 saturated carbocycles. The molecule has 1 unspecified atom stereocenters. The van der Waals surface area contributed by atoms with Crippen molar-refractivity contribution in [2.45, 2.75) is 25.3 Å². The van der Waals surface area contributed by atoms with Gasteiger partial charge in [-0.2, -0.15) is 0 Å². The fourth-order valence-corrected chi connectivity index (χ4v) is 1.79. The van der Waals surface area contributed by atoms with Crippen LogP contribution in [-0.2, 0) is 27.7 Å². The highest BCUT2D eigenvalue weighted by molar-refractivity contribution is 7.92. The van der Waals surface area contributed by atoms with Crippen LogP contribution in [0.2, 0.25) is 0 Å². The summed E-state index contributed by atoms with van der Waals surface area (Å²) in [5.41, 5.74) is 7.39. The summed E-state index contributed by atoms with van der Waals surface area (Å²) in [6.45, 7) is 2.16. The number of amides is 1.